The van der Waals surface area contributed by atoms with Crippen LogP contribution >= 0.6 is 0 Å². The Labute approximate surface area is 122 Å². The average Bonchev–Trinajstić information content (AvgIpc) is 2.71. The molecule has 0 amide bonds. The molecule has 2 atom stereocenters. The minimum atomic E-state index is -1.14. The van der Waals surface area contributed by atoms with Crippen molar-refractivity contribution in [3.05, 3.63) is 35.9 Å². The van der Waals surface area contributed by atoms with Crippen molar-refractivity contribution in [3.8, 4) is 0 Å². The number of nitrogen functional groups attached to an aromatic ring is 1. The summed E-state index contributed by atoms with van der Waals surface area (Å²) in [5.74, 6) is 0.242. The van der Waals surface area contributed by atoms with Crippen LogP contribution in [0.4, 0.5) is 5.82 Å². The molecule has 6 heteroatoms. The van der Waals surface area contributed by atoms with E-state index >= 15 is 0 Å². The first-order valence-corrected chi connectivity index (χ1v) is 6.85. The van der Waals surface area contributed by atoms with E-state index in [0.717, 1.165) is 21.9 Å². The van der Waals surface area contributed by atoms with Crippen LogP contribution in [0.3, 0.4) is 0 Å². The fourth-order valence-corrected chi connectivity index (χ4v) is 2.70. The number of rotatable bonds is 3. The number of anilines is 1. The summed E-state index contributed by atoms with van der Waals surface area (Å²) in [6.45, 7) is 2.59. The average molecular weight is 285 g/mol. The zero-order valence-electron chi connectivity index (χ0n) is 11.8. The maximum atomic E-state index is 9.62. The zero-order chi connectivity index (χ0) is 15.1. The highest BCUT2D eigenvalue weighted by Gasteiger charge is 2.16. The Morgan fingerprint density at radius 1 is 1.24 bits per heavy atom. The van der Waals surface area contributed by atoms with E-state index in [9.17, 15) is 5.11 Å². The van der Waals surface area contributed by atoms with Crippen LogP contribution < -0.4 is 17.2 Å². The molecule has 0 spiro atoms. The van der Waals surface area contributed by atoms with Crippen molar-refractivity contribution >= 4 is 27.8 Å². The SMILES string of the molecule is CC(N)Cn1c2ccccc2c2cc(C(N)O)c(N)nc21. The van der Waals surface area contributed by atoms with Crippen LogP contribution in [0, 0.1) is 0 Å². The minimum Gasteiger partial charge on any atom is -0.383 e. The van der Waals surface area contributed by atoms with Gasteiger partial charge in [0.1, 0.15) is 17.7 Å². The Bertz CT molecular complexity index is 807. The van der Waals surface area contributed by atoms with Crippen LogP contribution in [0.25, 0.3) is 21.9 Å². The van der Waals surface area contributed by atoms with E-state index in [1.807, 2.05) is 37.3 Å². The molecule has 3 rings (SSSR count). The molecule has 2 aromatic heterocycles. The maximum absolute atomic E-state index is 9.62. The lowest BCUT2D eigenvalue weighted by molar-refractivity contribution is 0.187. The number of aliphatic hydroxyl groups excluding tert-OH is 1. The van der Waals surface area contributed by atoms with Crippen molar-refractivity contribution in [1.82, 2.24) is 9.55 Å². The first kappa shape index (κ1) is 13.8. The summed E-state index contributed by atoms with van der Waals surface area (Å²) in [7, 11) is 0. The van der Waals surface area contributed by atoms with Gasteiger partial charge < -0.3 is 26.9 Å². The molecular formula is C15H19N5O. The van der Waals surface area contributed by atoms with Crippen molar-refractivity contribution in [3.63, 3.8) is 0 Å². The Hall–Kier alpha value is -2.15. The van der Waals surface area contributed by atoms with Crippen LogP contribution in [0.15, 0.2) is 30.3 Å². The molecule has 21 heavy (non-hydrogen) atoms. The van der Waals surface area contributed by atoms with Crippen LogP contribution in [0.1, 0.15) is 18.7 Å². The molecule has 0 aliphatic rings. The summed E-state index contributed by atoms with van der Waals surface area (Å²) in [5, 5.41) is 11.6. The van der Waals surface area contributed by atoms with Gasteiger partial charge in [0.2, 0.25) is 0 Å². The van der Waals surface area contributed by atoms with E-state index in [4.69, 9.17) is 17.2 Å². The van der Waals surface area contributed by atoms with Crippen molar-refractivity contribution in [2.45, 2.75) is 25.7 Å². The van der Waals surface area contributed by atoms with Crippen molar-refractivity contribution in [2.24, 2.45) is 11.5 Å². The quantitative estimate of drug-likeness (QED) is 0.537. The summed E-state index contributed by atoms with van der Waals surface area (Å²) in [5.41, 5.74) is 19.6. The third-order valence-electron chi connectivity index (χ3n) is 3.59. The van der Waals surface area contributed by atoms with Gasteiger partial charge in [-0.05, 0) is 19.1 Å². The maximum Gasteiger partial charge on any atom is 0.143 e. The molecule has 7 N–H and O–H groups in total. The van der Waals surface area contributed by atoms with E-state index in [2.05, 4.69) is 9.55 Å². The van der Waals surface area contributed by atoms with E-state index < -0.39 is 6.23 Å². The largest absolute Gasteiger partial charge is 0.383 e. The van der Waals surface area contributed by atoms with E-state index in [1.165, 1.54) is 0 Å². The summed E-state index contributed by atoms with van der Waals surface area (Å²) in [6, 6.07) is 9.77. The van der Waals surface area contributed by atoms with Crippen LogP contribution in [0.5, 0.6) is 0 Å². The molecule has 110 valence electrons. The first-order chi connectivity index (χ1) is 9.99. The van der Waals surface area contributed by atoms with Gasteiger partial charge in [0.05, 0.1) is 5.52 Å². The molecule has 0 saturated heterocycles. The predicted molar refractivity (Wildman–Crippen MR) is 84.4 cm³/mol. The predicted octanol–water partition coefficient (Wildman–Crippen LogP) is 1.07. The zero-order valence-corrected chi connectivity index (χ0v) is 11.8. The van der Waals surface area contributed by atoms with Gasteiger partial charge in [-0.15, -0.1) is 0 Å². The lowest BCUT2D eigenvalue weighted by Gasteiger charge is -2.11. The standard InChI is InChI=1S/C15H19N5O/c1-8(16)7-20-12-5-3-2-4-9(12)10-6-11(14(18)21)13(17)19-15(10)20/h2-6,8,14,21H,7,16,18H2,1H3,(H2,17,19). The van der Waals surface area contributed by atoms with Gasteiger partial charge in [0.15, 0.2) is 0 Å². The van der Waals surface area contributed by atoms with E-state index in [-0.39, 0.29) is 11.9 Å². The number of benzene rings is 1. The number of hydrogen-bond donors (Lipinski definition) is 4. The number of aliphatic hydroxyl groups is 1. The topological polar surface area (TPSA) is 116 Å². The van der Waals surface area contributed by atoms with Gasteiger partial charge >= 0.3 is 0 Å². The molecule has 0 aliphatic carbocycles. The number of aromatic nitrogens is 2. The highest BCUT2D eigenvalue weighted by atomic mass is 16.3. The van der Waals surface area contributed by atoms with Gasteiger partial charge in [0.25, 0.3) is 0 Å². The lowest BCUT2D eigenvalue weighted by atomic mass is 10.1. The molecule has 1 aromatic carbocycles. The molecule has 6 nitrogen and oxygen atoms in total. The number of fused-ring (bicyclic) bond motifs is 3. The molecule has 0 saturated carbocycles. The van der Waals surface area contributed by atoms with Gasteiger partial charge in [-0.1, -0.05) is 18.2 Å². The third-order valence-corrected chi connectivity index (χ3v) is 3.59. The van der Waals surface area contributed by atoms with Crippen LogP contribution in [-0.2, 0) is 6.54 Å². The number of pyridine rings is 1. The Balaban J connectivity index is 2.40. The van der Waals surface area contributed by atoms with Crippen molar-refractivity contribution in [1.29, 1.82) is 0 Å². The van der Waals surface area contributed by atoms with Crippen molar-refractivity contribution < 1.29 is 5.11 Å². The number of para-hydroxylation sites is 1. The van der Waals surface area contributed by atoms with E-state index in [0.29, 0.717) is 12.1 Å². The molecule has 0 fully saturated rings. The first-order valence-electron chi connectivity index (χ1n) is 6.85. The summed E-state index contributed by atoms with van der Waals surface area (Å²) < 4.78 is 2.05. The fraction of sp³-hybridized carbons (Fsp3) is 0.267. The fourth-order valence-electron chi connectivity index (χ4n) is 2.70. The summed E-state index contributed by atoms with van der Waals surface area (Å²) >= 11 is 0. The molecule has 2 heterocycles. The van der Waals surface area contributed by atoms with Crippen LogP contribution in [-0.4, -0.2) is 20.7 Å². The smallest absolute Gasteiger partial charge is 0.143 e. The highest BCUT2D eigenvalue weighted by Crippen LogP contribution is 2.31. The second-order valence-corrected chi connectivity index (χ2v) is 5.38. The second kappa shape index (κ2) is 5.00. The number of nitrogens with zero attached hydrogens (tertiary/aromatic N) is 2. The Morgan fingerprint density at radius 3 is 2.62 bits per heavy atom. The van der Waals surface area contributed by atoms with Gasteiger partial charge in [0, 0.05) is 28.9 Å². The van der Waals surface area contributed by atoms with Gasteiger partial charge in [-0.2, -0.15) is 0 Å². The monoisotopic (exact) mass is 285 g/mol. The van der Waals surface area contributed by atoms with E-state index in [1.54, 1.807) is 0 Å². The normalized spacial score (nSPS) is 14.7. The Morgan fingerprint density at radius 2 is 1.95 bits per heavy atom. The Kier molecular flexibility index (Phi) is 3.29. The molecule has 0 radical (unpaired) electrons. The third kappa shape index (κ3) is 2.23. The summed E-state index contributed by atoms with van der Waals surface area (Å²) in [4.78, 5) is 4.43. The number of nitrogens with two attached hydrogens (primary N) is 3. The lowest BCUT2D eigenvalue weighted by Crippen LogP contribution is -2.22. The highest BCUT2D eigenvalue weighted by molar-refractivity contribution is 6.07. The van der Waals surface area contributed by atoms with Crippen LogP contribution in [0.2, 0.25) is 0 Å². The number of hydrogen-bond acceptors (Lipinski definition) is 5. The molecule has 3 aromatic rings. The van der Waals surface area contributed by atoms with Gasteiger partial charge in [-0.25, -0.2) is 4.98 Å². The second-order valence-electron chi connectivity index (χ2n) is 5.38. The molecule has 2 unspecified atom stereocenters. The van der Waals surface area contributed by atoms with Crippen molar-refractivity contribution in [2.75, 3.05) is 5.73 Å². The molecular weight excluding hydrogens is 266 g/mol. The van der Waals surface area contributed by atoms with Gasteiger partial charge in [-0.3, -0.25) is 0 Å². The molecule has 0 aliphatic heterocycles. The minimum absolute atomic E-state index is 0.00759. The molecule has 0 bridgehead atoms. The summed E-state index contributed by atoms with van der Waals surface area (Å²) in [6.07, 6.45) is -1.14.